The predicted octanol–water partition coefficient (Wildman–Crippen LogP) is 3.82. The zero-order chi connectivity index (χ0) is 19.4. The minimum Gasteiger partial charge on any atom is -0.493 e. The first-order valence-corrected chi connectivity index (χ1v) is 9.12. The van der Waals surface area contributed by atoms with Crippen LogP contribution in [0.5, 0.6) is 11.5 Å². The summed E-state index contributed by atoms with van der Waals surface area (Å²) in [4.78, 5) is 13.0. The smallest absolute Gasteiger partial charge is 0.251 e. The first-order chi connectivity index (χ1) is 13.1. The van der Waals surface area contributed by atoms with Crippen molar-refractivity contribution in [3.63, 3.8) is 0 Å². The molecule has 0 heterocycles. The fourth-order valence-electron chi connectivity index (χ4n) is 3.71. The second kappa shape index (κ2) is 8.16. The van der Waals surface area contributed by atoms with Gasteiger partial charge in [0.25, 0.3) is 5.91 Å². The molecule has 142 valence electrons. The number of anilines is 1. The van der Waals surface area contributed by atoms with Crippen LogP contribution in [0.3, 0.4) is 0 Å². The van der Waals surface area contributed by atoms with Gasteiger partial charge in [-0.1, -0.05) is 12.1 Å². The van der Waals surface area contributed by atoms with E-state index >= 15 is 0 Å². The highest BCUT2D eigenvalue weighted by Gasteiger charge is 2.23. The van der Waals surface area contributed by atoms with E-state index in [4.69, 9.17) is 15.2 Å². The SMILES string of the molecule is C=CCc1cc(C(=O)NC2CCCc3cc(N)ccc32)cc(OC)c1OC. The lowest BCUT2D eigenvalue weighted by Gasteiger charge is -2.27. The van der Waals surface area contributed by atoms with Crippen LogP contribution in [0.25, 0.3) is 0 Å². The number of nitrogens with two attached hydrogens (primary N) is 1. The minimum absolute atomic E-state index is 0.0159. The molecule has 0 radical (unpaired) electrons. The van der Waals surface area contributed by atoms with Gasteiger partial charge < -0.3 is 20.5 Å². The van der Waals surface area contributed by atoms with Crippen LogP contribution in [0.4, 0.5) is 5.69 Å². The van der Waals surface area contributed by atoms with Crippen LogP contribution in [-0.2, 0) is 12.8 Å². The number of hydrogen-bond acceptors (Lipinski definition) is 4. The number of carbonyl (C=O) groups is 1. The number of fused-ring (bicyclic) bond motifs is 1. The van der Waals surface area contributed by atoms with Crippen molar-refractivity contribution in [2.24, 2.45) is 0 Å². The van der Waals surface area contributed by atoms with E-state index < -0.39 is 0 Å². The Labute approximate surface area is 160 Å². The van der Waals surface area contributed by atoms with Gasteiger partial charge in [0.2, 0.25) is 0 Å². The van der Waals surface area contributed by atoms with Crippen LogP contribution in [0, 0.1) is 0 Å². The molecule has 0 bridgehead atoms. The molecular weight excluding hydrogens is 340 g/mol. The summed E-state index contributed by atoms with van der Waals surface area (Å²) in [6, 6.07) is 9.46. The van der Waals surface area contributed by atoms with E-state index in [2.05, 4.69) is 11.9 Å². The highest BCUT2D eigenvalue weighted by Crippen LogP contribution is 2.34. The van der Waals surface area contributed by atoms with Crippen LogP contribution in [0.2, 0.25) is 0 Å². The number of amides is 1. The Hall–Kier alpha value is -2.95. The summed E-state index contributed by atoms with van der Waals surface area (Å²) >= 11 is 0. The van der Waals surface area contributed by atoms with Crippen LogP contribution in [0.1, 0.15) is 45.9 Å². The lowest BCUT2D eigenvalue weighted by Crippen LogP contribution is -2.31. The number of methoxy groups -OCH3 is 2. The Kier molecular flexibility index (Phi) is 5.69. The molecule has 1 atom stereocenters. The van der Waals surface area contributed by atoms with E-state index in [0.29, 0.717) is 23.5 Å². The molecule has 2 aromatic rings. The third kappa shape index (κ3) is 3.92. The molecule has 0 fully saturated rings. The molecule has 0 aliphatic heterocycles. The molecule has 3 N–H and O–H groups in total. The quantitative estimate of drug-likeness (QED) is 0.602. The molecule has 1 aliphatic rings. The molecule has 1 aliphatic carbocycles. The number of ether oxygens (including phenoxy) is 2. The standard InChI is InChI=1S/C22H26N2O3/c1-4-6-15-11-16(13-20(26-2)21(15)27-3)22(25)24-19-8-5-7-14-12-17(23)9-10-18(14)19/h4,9-13,19H,1,5-8,23H2,2-3H3,(H,24,25). The van der Waals surface area contributed by atoms with Crippen LogP contribution in [-0.4, -0.2) is 20.1 Å². The van der Waals surface area contributed by atoms with E-state index in [1.54, 1.807) is 26.4 Å². The number of carbonyl (C=O) groups excluding carboxylic acids is 1. The molecule has 1 unspecified atom stereocenters. The zero-order valence-corrected chi connectivity index (χ0v) is 15.9. The Morgan fingerprint density at radius 1 is 1.30 bits per heavy atom. The summed E-state index contributed by atoms with van der Waals surface area (Å²) in [6.07, 6.45) is 5.30. The van der Waals surface area contributed by atoms with Gasteiger partial charge in [-0.3, -0.25) is 4.79 Å². The van der Waals surface area contributed by atoms with Crippen molar-refractivity contribution in [1.29, 1.82) is 0 Å². The summed E-state index contributed by atoms with van der Waals surface area (Å²) in [7, 11) is 3.16. The first-order valence-electron chi connectivity index (χ1n) is 9.12. The van der Waals surface area contributed by atoms with Gasteiger partial charge in [0.05, 0.1) is 20.3 Å². The van der Waals surface area contributed by atoms with E-state index in [1.165, 1.54) is 5.56 Å². The number of allylic oxidation sites excluding steroid dienone is 1. The largest absolute Gasteiger partial charge is 0.493 e. The maximum absolute atomic E-state index is 13.0. The molecular formula is C22H26N2O3. The molecule has 0 aromatic heterocycles. The van der Waals surface area contributed by atoms with Gasteiger partial charge in [-0.25, -0.2) is 0 Å². The highest BCUT2D eigenvalue weighted by atomic mass is 16.5. The van der Waals surface area contributed by atoms with Gasteiger partial charge in [0.15, 0.2) is 11.5 Å². The van der Waals surface area contributed by atoms with Crippen LogP contribution in [0.15, 0.2) is 43.0 Å². The Morgan fingerprint density at radius 2 is 2.11 bits per heavy atom. The molecule has 1 amide bonds. The monoisotopic (exact) mass is 366 g/mol. The Morgan fingerprint density at radius 3 is 2.81 bits per heavy atom. The molecule has 5 heteroatoms. The number of nitrogen functional groups attached to an aromatic ring is 1. The molecule has 3 rings (SSSR count). The zero-order valence-electron chi connectivity index (χ0n) is 15.9. The van der Waals surface area contributed by atoms with E-state index in [9.17, 15) is 4.79 Å². The fourth-order valence-corrected chi connectivity index (χ4v) is 3.71. The third-order valence-corrected chi connectivity index (χ3v) is 4.97. The topological polar surface area (TPSA) is 73.6 Å². The maximum atomic E-state index is 13.0. The van der Waals surface area contributed by atoms with Gasteiger partial charge in [0.1, 0.15) is 0 Å². The maximum Gasteiger partial charge on any atom is 0.251 e. The summed E-state index contributed by atoms with van der Waals surface area (Å²) in [5, 5.41) is 3.17. The van der Waals surface area contributed by atoms with Gasteiger partial charge in [-0.15, -0.1) is 6.58 Å². The third-order valence-electron chi connectivity index (χ3n) is 4.97. The van der Waals surface area contributed by atoms with E-state index in [1.807, 2.05) is 24.3 Å². The summed E-state index contributed by atoms with van der Waals surface area (Å²) in [5.74, 6) is 1.04. The first kappa shape index (κ1) is 18.8. The lowest BCUT2D eigenvalue weighted by atomic mass is 9.87. The number of aryl methyl sites for hydroxylation is 1. The second-order valence-electron chi connectivity index (χ2n) is 6.74. The van der Waals surface area contributed by atoms with Gasteiger partial charge in [-0.05, 0) is 61.1 Å². The fraction of sp³-hybridized carbons (Fsp3) is 0.318. The molecule has 2 aromatic carbocycles. The summed E-state index contributed by atoms with van der Waals surface area (Å²) in [6.45, 7) is 3.78. The molecule has 27 heavy (non-hydrogen) atoms. The van der Waals surface area contributed by atoms with Crippen molar-refractivity contribution in [1.82, 2.24) is 5.32 Å². The number of benzene rings is 2. The van der Waals surface area contributed by atoms with Crippen molar-refractivity contribution >= 4 is 11.6 Å². The molecule has 0 spiro atoms. The van der Waals surface area contributed by atoms with Crippen molar-refractivity contribution in [2.45, 2.75) is 31.7 Å². The Bertz CT molecular complexity index is 861. The van der Waals surface area contributed by atoms with Crippen molar-refractivity contribution in [3.8, 4) is 11.5 Å². The number of nitrogens with one attached hydrogen (secondary N) is 1. The average molecular weight is 366 g/mol. The number of hydrogen-bond donors (Lipinski definition) is 2. The number of rotatable bonds is 6. The lowest BCUT2D eigenvalue weighted by molar-refractivity contribution is 0.0932. The minimum atomic E-state index is -0.129. The van der Waals surface area contributed by atoms with Crippen molar-refractivity contribution in [2.75, 3.05) is 20.0 Å². The van der Waals surface area contributed by atoms with E-state index in [0.717, 1.165) is 36.1 Å². The van der Waals surface area contributed by atoms with Crippen molar-refractivity contribution < 1.29 is 14.3 Å². The van der Waals surface area contributed by atoms with Gasteiger partial charge in [-0.2, -0.15) is 0 Å². The van der Waals surface area contributed by atoms with Gasteiger partial charge in [0, 0.05) is 16.8 Å². The van der Waals surface area contributed by atoms with E-state index in [-0.39, 0.29) is 11.9 Å². The average Bonchev–Trinajstić information content (AvgIpc) is 2.67. The highest BCUT2D eigenvalue weighted by molar-refractivity contribution is 5.95. The summed E-state index contributed by atoms with van der Waals surface area (Å²) in [5.41, 5.74) is 10.4. The van der Waals surface area contributed by atoms with Crippen LogP contribution >= 0.6 is 0 Å². The predicted molar refractivity (Wildman–Crippen MR) is 107 cm³/mol. The van der Waals surface area contributed by atoms with Gasteiger partial charge >= 0.3 is 0 Å². The van der Waals surface area contributed by atoms with Crippen molar-refractivity contribution in [3.05, 3.63) is 65.2 Å². The molecule has 0 saturated carbocycles. The van der Waals surface area contributed by atoms with Crippen LogP contribution < -0.4 is 20.5 Å². The normalized spacial score (nSPS) is 15.6. The Balaban J connectivity index is 1.89. The second-order valence-corrected chi connectivity index (χ2v) is 6.74. The molecule has 5 nitrogen and oxygen atoms in total. The summed E-state index contributed by atoms with van der Waals surface area (Å²) < 4.78 is 10.9. The molecule has 0 saturated heterocycles.